The monoisotopic (exact) mass is 296 g/mol. The van der Waals surface area contributed by atoms with Gasteiger partial charge >= 0.3 is 0 Å². The van der Waals surface area contributed by atoms with Crippen molar-refractivity contribution in [3.63, 3.8) is 0 Å². The zero-order valence-electron chi connectivity index (χ0n) is 14.2. The lowest BCUT2D eigenvalue weighted by atomic mass is 9.66. The van der Waals surface area contributed by atoms with Gasteiger partial charge in [0.1, 0.15) is 0 Å². The Bertz CT molecular complexity index is 693. The summed E-state index contributed by atoms with van der Waals surface area (Å²) in [6.45, 7) is 7.34. The highest BCUT2D eigenvalue weighted by atomic mass is 15.2. The van der Waals surface area contributed by atoms with E-state index in [4.69, 9.17) is 0 Å². The predicted octanol–water partition coefficient (Wildman–Crippen LogP) is 4.68. The molecule has 1 unspecified atom stereocenters. The van der Waals surface area contributed by atoms with Crippen LogP contribution < -0.4 is 0 Å². The summed E-state index contributed by atoms with van der Waals surface area (Å²) in [7, 11) is 2.29. The predicted molar refractivity (Wildman–Crippen MR) is 93.2 cm³/mol. The van der Waals surface area contributed by atoms with Crippen molar-refractivity contribution in [2.45, 2.75) is 52.0 Å². The van der Waals surface area contributed by atoms with Gasteiger partial charge in [0.25, 0.3) is 0 Å². The Morgan fingerprint density at radius 2 is 1.91 bits per heavy atom. The molecule has 0 amide bonds. The van der Waals surface area contributed by atoms with Crippen molar-refractivity contribution in [1.82, 2.24) is 9.47 Å². The van der Waals surface area contributed by atoms with Gasteiger partial charge in [-0.3, -0.25) is 4.90 Å². The van der Waals surface area contributed by atoms with Crippen molar-refractivity contribution in [2.24, 2.45) is 12.5 Å². The fraction of sp³-hybridized carbons (Fsp3) is 0.600. The first-order valence-electron chi connectivity index (χ1n) is 9.02. The molecule has 3 heterocycles. The molecule has 0 radical (unpaired) electrons. The number of benzene rings is 1. The number of piperidine rings is 1. The first kappa shape index (κ1) is 14.3. The molecule has 0 saturated carbocycles. The lowest BCUT2D eigenvalue weighted by molar-refractivity contribution is -0.00590. The van der Waals surface area contributed by atoms with E-state index in [9.17, 15) is 0 Å². The average molecular weight is 296 g/mol. The quantitative estimate of drug-likeness (QED) is 0.781. The van der Waals surface area contributed by atoms with Crippen molar-refractivity contribution < 1.29 is 0 Å². The van der Waals surface area contributed by atoms with Crippen LogP contribution in [-0.2, 0) is 13.5 Å². The third-order valence-corrected chi connectivity index (χ3v) is 6.64. The number of fused-ring (bicyclic) bond motifs is 5. The second-order valence-electron chi connectivity index (χ2n) is 7.30. The van der Waals surface area contributed by atoms with Crippen molar-refractivity contribution in [1.29, 1.82) is 0 Å². The third kappa shape index (κ3) is 1.76. The van der Waals surface area contributed by atoms with Gasteiger partial charge in [-0.15, -0.1) is 0 Å². The highest BCUT2D eigenvalue weighted by Gasteiger charge is 2.46. The number of hydrogen-bond donors (Lipinski definition) is 0. The smallest absolute Gasteiger partial charge is 0.0560 e. The van der Waals surface area contributed by atoms with Crippen LogP contribution in [0.5, 0.6) is 0 Å². The topological polar surface area (TPSA) is 8.17 Å². The lowest BCUT2D eigenvalue weighted by Crippen LogP contribution is -2.49. The molecule has 2 nitrogen and oxygen atoms in total. The fourth-order valence-electron chi connectivity index (χ4n) is 5.34. The van der Waals surface area contributed by atoms with E-state index in [1.165, 1.54) is 56.1 Å². The van der Waals surface area contributed by atoms with E-state index in [-0.39, 0.29) is 0 Å². The van der Waals surface area contributed by atoms with E-state index in [1.807, 2.05) is 0 Å². The summed E-state index contributed by atoms with van der Waals surface area (Å²) in [5.74, 6) is 0. The molecule has 2 heteroatoms. The lowest BCUT2D eigenvalue weighted by Gasteiger charge is -2.52. The number of aromatic nitrogens is 1. The van der Waals surface area contributed by atoms with Gasteiger partial charge in [0.05, 0.1) is 6.04 Å². The van der Waals surface area contributed by atoms with E-state index in [0.29, 0.717) is 11.5 Å². The summed E-state index contributed by atoms with van der Waals surface area (Å²) in [5.41, 5.74) is 5.14. The van der Waals surface area contributed by atoms with Gasteiger partial charge < -0.3 is 4.57 Å². The minimum absolute atomic E-state index is 0.468. The number of aryl methyl sites for hydroxylation is 1. The van der Waals surface area contributed by atoms with Gasteiger partial charge in [0.2, 0.25) is 0 Å². The Balaban J connectivity index is 1.97. The van der Waals surface area contributed by atoms with Crippen LogP contribution in [0.15, 0.2) is 24.3 Å². The highest BCUT2D eigenvalue weighted by molar-refractivity contribution is 5.86. The highest BCUT2D eigenvalue weighted by Crippen LogP contribution is 2.53. The molecule has 1 aromatic carbocycles. The maximum atomic E-state index is 2.79. The summed E-state index contributed by atoms with van der Waals surface area (Å²) in [6, 6.07) is 9.62. The molecular weight excluding hydrogens is 268 g/mol. The Labute approximate surface area is 134 Å². The van der Waals surface area contributed by atoms with Gasteiger partial charge in [-0.1, -0.05) is 32.0 Å². The van der Waals surface area contributed by atoms with E-state index >= 15 is 0 Å². The molecule has 1 atom stereocenters. The van der Waals surface area contributed by atoms with Gasteiger partial charge in [-0.25, -0.2) is 0 Å². The molecule has 118 valence electrons. The molecule has 4 rings (SSSR count). The van der Waals surface area contributed by atoms with Crippen LogP contribution in [0.3, 0.4) is 0 Å². The molecule has 1 saturated heterocycles. The molecule has 2 aromatic rings. The maximum Gasteiger partial charge on any atom is 0.0560 e. The van der Waals surface area contributed by atoms with Crippen molar-refractivity contribution >= 4 is 10.9 Å². The number of hydrogen-bond acceptors (Lipinski definition) is 1. The summed E-state index contributed by atoms with van der Waals surface area (Å²) < 4.78 is 2.51. The van der Waals surface area contributed by atoms with E-state index in [1.54, 1.807) is 11.3 Å². The molecule has 0 bridgehead atoms. The zero-order chi connectivity index (χ0) is 15.3. The Morgan fingerprint density at radius 1 is 1.14 bits per heavy atom. The van der Waals surface area contributed by atoms with Crippen LogP contribution in [0, 0.1) is 5.41 Å². The fourth-order valence-corrected chi connectivity index (χ4v) is 5.34. The zero-order valence-corrected chi connectivity index (χ0v) is 14.2. The van der Waals surface area contributed by atoms with Crippen LogP contribution >= 0.6 is 0 Å². The minimum atomic E-state index is 0.468. The van der Waals surface area contributed by atoms with E-state index < -0.39 is 0 Å². The summed E-state index contributed by atoms with van der Waals surface area (Å²) >= 11 is 0. The number of para-hydroxylation sites is 1. The molecule has 2 aliphatic rings. The minimum Gasteiger partial charge on any atom is -0.346 e. The Hall–Kier alpha value is -1.28. The third-order valence-electron chi connectivity index (χ3n) is 6.64. The molecule has 0 spiro atoms. The van der Waals surface area contributed by atoms with E-state index in [0.717, 1.165) is 0 Å². The van der Waals surface area contributed by atoms with Crippen molar-refractivity contribution in [3.8, 4) is 0 Å². The van der Waals surface area contributed by atoms with Crippen LogP contribution in [0.2, 0.25) is 0 Å². The van der Waals surface area contributed by atoms with Gasteiger partial charge in [0, 0.05) is 30.2 Å². The second-order valence-corrected chi connectivity index (χ2v) is 7.30. The molecule has 0 N–H and O–H groups in total. The van der Waals surface area contributed by atoms with Crippen LogP contribution in [0.1, 0.15) is 56.8 Å². The number of rotatable bonds is 2. The maximum absolute atomic E-state index is 2.79. The second kappa shape index (κ2) is 5.13. The SMILES string of the molecule is CCC1(CC)CCCN2CCc3c(n(C)c4ccccc34)C21. The average Bonchev–Trinajstić information content (AvgIpc) is 2.87. The molecule has 1 aromatic heterocycles. The standard InChI is InChI=1S/C20H28N2/c1-4-20(5-2)12-8-13-22-14-11-16-15-9-6-7-10-17(15)21(3)18(16)19(20)22/h6-7,9-10,19H,4-5,8,11-14H2,1-3H3. The van der Waals surface area contributed by atoms with Crippen LogP contribution in [0.4, 0.5) is 0 Å². The van der Waals surface area contributed by atoms with Crippen LogP contribution in [0.25, 0.3) is 10.9 Å². The molecule has 0 aliphatic carbocycles. The normalized spacial score (nSPS) is 24.2. The summed E-state index contributed by atoms with van der Waals surface area (Å²) in [6.07, 6.45) is 6.58. The van der Waals surface area contributed by atoms with E-state index in [2.05, 4.69) is 54.6 Å². The first-order chi connectivity index (χ1) is 10.7. The summed E-state index contributed by atoms with van der Waals surface area (Å²) in [5, 5.41) is 1.49. The van der Waals surface area contributed by atoms with Crippen LogP contribution in [-0.4, -0.2) is 22.6 Å². The largest absolute Gasteiger partial charge is 0.346 e. The molecule has 2 aliphatic heterocycles. The molecule has 1 fully saturated rings. The van der Waals surface area contributed by atoms with Gasteiger partial charge in [-0.05, 0) is 55.7 Å². The van der Waals surface area contributed by atoms with Gasteiger partial charge in [-0.2, -0.15) is 0 Å². The number of nitrogens with zero attached hydrogens (tertiary/aromatic N) is 2. The van der Waals surface area contributed by atoms with Crippen molar-refractivity contribution in [3.05, 3.63) is 35.5 Å². The Kier molecular flexibility index (Phi) is 3.34. The van der Waals surface area contributed by atoms with Crippen molar-refractivity contribution in [2.75, 3.05) is 13.1 Å². The first-order valence-corrected chi connectivity index (χ1v) is 9.02. The summed E-state index contributed by atoms with van der Waals surface area (Å²) in [4.78, 5) is 2.79. The molecule has 22 heavy (non-hydrogen) atoms. The molecular formula is C20H28N2. The van der Waals surface area contributed by atoms with Gasteiger partial charge in [0.15, 0.2) is 0 Å². The Morgan fingerprint density at radius 3 is 2.68 bits per heavy atom.